The molecule has 0 radical (unpaired) electrons. The fourth-order valence-electron chi connectivity index (χ4n) is 4.77. The van der Waals surface area contributed by atoms with Crippen LogP contribution in [0, 0.1) is 5.92 Å². The average molecular weight is 752 g/mol. The molecule has 2 heterocycles. The normalized spacial score (nSPS) is 21.2. The number of rotatable bonds is 2. The van der Waals surface area contributed by atoms with Crippen LogP contribution < -0.4 is 31.5 Å². The molecule has 0 saturated heterocycles. The van der Waals surface area contributed by atoms with Gasteiger partial charge in [-0.3, -0.25) is 0 Å². The Balaban J connectivity index is 0.000000214. The third-order valence-corrected chi connectivity index (χ3v) is 10.5. The Morgan fingerprint density at radius 3 is 1.72 bits per heavy atom. The zero-order chi connectivity index (χ0) is 34.1. The van der Waals surface area contributed by atoms with Crippen LogP contribution in [-0.4, -0.2) is 39.8 Å². The van der Waals surface area contributed by atoms with Gasteiger partial charge >= 0.3 is 23.1 Å². The highest BCUT2D eigenvalue weighted by atomic mass is 35.5. The molecule has 0 amide bonds. The lowest BCUT2D eigenvalue weighted by molar-refractivity contribution is 0.387. The van der Waals surface area contributed by atoms with Crippen LogP contribution in [0.1, 0.15) is 31.0 Å². The predicted octanol–water partition coefficient (Wildman–Crippen LogP) is 3.29. The van der Waals surface area contributed by atoms with E-state index >= 15 is 0 Å². The number of nitrogens with one attached hydrogen (secondary N) is 4. The van der Waals surface area contributed by atoms with Crippen LogP contribution in [0.15, 0.2) is 76.5 Å². The first-order chi connectivity index (χ1) is 21.8. The predicted molar refractivity (Wildman–Crippen MR) is 177 cm³/mol. The second-order valence-corrected chi connectivity index (χ2v) is 14.2. The minimum atomic E-state index is -3.63. The van der Waals surface area contributed by atoms with Gasteiger partial charge in [-0.15, -0.1) is 0 Å². The monoisotopic (exact) mass is 750 g/mol. The van der Waals surface area contributed by atoms with Gasteiger partial charge in [0, 0.05) is 0 Å². The maximum Gasteiger partial charge on any atom is 0.335 e. The number of anilines is 4. The lowest BCUT2D eigenvalue weighted by atomic mass is 9.91. The number of benzene rings is 3. The first-order valence-electron chi connectivity index (χ1n) is 13.1. The van der Waals surface area contributed by atoms with Crippen LogP contribution in [0.2, 0.25) is 10.0 Å². The van der Waals surface area contributed by atoms with Crippen molar-refractivity contribution in [3.8, 4) is 0 Å². The number of halogens is 2. The molecular weight excluding hydrogens is 723 g/mol. The first-order valence-corrected chi connectivity index (χ1v) is 18.1. The standard InChI is InChI=1S/C13H16ClN3O2S.C13H12ClN3O2S.2O2S/c2*14-9-6-11-12(7-10(9)15)20(18,19)17-13(16-11)8-4-2-1-3-5-8;2*1-3-2/h1-2,6-8,13,16-17H,3-5,15H2;1-7,13,16-17H,15H2;;. The topological polar surface area (TPSA) is 237 Å². The van der Waals surface area contributed by atoms with E-state index in [-0.39, 0.29) is 33.2 Å². The third-order valence-electron chi connectivity index (χ3n) is 6.86. The van der Waals surface area contributed by atoms with Gasteiger partial charge in [-0.05, 0) is 55.0 Å². The van der Waals surface area contributed by atoms with Gasteiger partial charge in [0.2, 0.25) is 20.0 Å². The molecule has 3 unspecified atom stereocenters. The van der Waals surface area contributed by atoms with Gasteiger partial charge in [0.15, 0.2) is 0 Å². The summed E-state index contributed by atoms with van der Waals surface area (Å²) in [6.07, 6.45) is 6.16. The minimum Gasteiger partial charge on any atom is -0.397 e. The molecule has 248 valence electrons. The van der Waals surface area contributed by atoms with Gasteiger partial charge in [0.05, 0.1) is 39.0 Å². The molecule has 0 spiro atoms. The van der Waals surface area contributed by atoms with E-state index in [2.05, 4.69) is 32.2 Å². The van der Waals surface area contributed by atoms with Crippen molar-refractivity contribution in [2.45, 2.75) is 41.4 Å². The summed E-state index contributed by atoms with van der Waals surface area (Å²) >= 11 is 10.4. The van der Waals surface area contributed by atoms with E-state index in [1.807, 2.05) is 30.3 Å². The zero-order valence-electron chi connectivity index (χ0n) is 23.5. The van der Waals surface area contributed by atoms with Crippen molar-refractivity contribution >= 4 is 89.1 Å². The molecule has 46 heavy (non-hydrogen) atoms. The smallest absolute Gasteiger partial charge is 0.335 e. The second-order valence-electron chi connectivity index (χ2n) is 9.77. The largest absolute Gasteiger partial charge is 0.397 e. The molecule has 1 aliphatic carbocycles. The maximum absolute atomic E-state index is 12.3. The van der Waals surface area contributed by atoms with Crippen molar-refractivity contribution in [2.24, 2.45) is 5.92 Å². The Morgan fingerprint density at radius 2 is 1.22 bits per heavy atom. The summed E-state index contributed by atoms with van der Waals surface area (Å²) in [6, 6.07) is 15.1. The molecule has 14 nitrogen and oxygen atoms in total. The Hall–Kier alpha value is -3.36. The van der Waals surface area contributed by atoms with Crippen LogP contribution >= 0.6 is 23.2 Å². The van der Waals surface area contributed by atoms with Gasteiger partial charge < -0.3 is 22.1 Å². The number of nitrogen functional groups attached to an aromatic ring is 2. The van der Waals surface area contributed by atoms with Crippen molar-refractivity contribution in [3.63, 3.8) is 0 Å². The Morgan fingerprint density at radius 1 is 0.717 bits per heavy atom. The van der Waals surface area contributed by atoms with Crippen molar-refractivity contribution in [1.29, 1.82) is 0 Å². The molecule has 0 saturated carbocycles. The first kappa shape index (κ1) is 37.1. The van der Waals surface area contributed by atoms with E-state index < -0.39 is 49.4 Å². The molecule has 3 aromatic rings. The number of fused-ring (bicyclic) bond motifs is 2. The quantitative estimate of drug-likeness (QED) is 0.164. The molecule has 0 bridgehead atoms. The SMILES string of the molecule is Nc1cc2c(cc1Cl)NC(C1CC=CCC1)NS2(=O)=O.Nc1cc2c(cc1Cl)NC(c1ccccc1)NS2(=O)=O.O=S=O.O=S=O. The van der Waals surface area contributed by atoms with Gasteiger partial charge in [0.1, 0.15) is 16.0 Å². The Labute approximate surface area is 282 Å². The van der Waals surface area contributed by atoms with E-state index in [9.17, 15) is 16.8 Å². The van der Waals surface area contributed by atoms with Gasteiger partial charge in [-0.25, -0.2) is 16.8 Å². The highest BCUT2D eigenvalue weighted by Gasteiger charge is 2.34. The summed E-state index contributed by atoms with van der Waals surface area (Å²) in [5, 5.41) is 7.01. The number of nitrogens with two attached hydrogens (primary N) is 2. The van der Waals surface area contributed by atoms with Gasteiger partial charge in [-0.1, -0.05) is 65.7 Å². The lowest BCUT2D eigenvalue weighted by Gasteiger charge is -2.34. The van der Waals surface area contributed by atoms with Crippen molar-refractivity contribution in [2.75, 3.05) is 22.1 Å². The van der Waals surface area contributed by atoms with Crippen molar-refractivity contribution in [3.05, 3.63) is 82.4 Å². The van der Waals surface area contributed by atoms with Crippen LogP contribution in [-0.2, 0) is 43.2 Å². The van der Waals surface area contributed by atoms with Crippen molar-refractivity contribution in [1.82, 2.24) is 9.44 Å². The van der Waals surface area contributed by atoms with Crippen LogP contribution in [0.3, 0.4) is 0 Å². The van der Waals surface area contributed by atoms with Gasteiger partial charge in [-0.2, -0.15) is 26.3 Å². The third kappa shape index (κ3) is 9.35. The zero-order valence-corrected chi connectivity index (χ0v) is 28.3. The molecule has 3 aromatic carbocycles. The molecule has 8 N–H and O–H groups in total. The summed E-state index contributed by atoms with van der Waals surface area (Å²) in [5.74, 6) is 0.235. The molecule has 20 heteroatoms. The van der Waals surface area contributed by atoms with E-state index in [0.29, 0.717) is 21.4 Å². The summed E-state index contributed by atoms with van der Waals surface area (Å²) in [5.41, 5.74) is 13.6. The van der Waals surface area contributed by atoms with E-state index in [1.165, 1.54) is 18.2 Å². The molecule has 0 aromatic heterocycles. The fourth-order valence-corrected chi connectivity index (χ4v) is 7.82. The summed E-state index contributed by atoms with van der Waals surface area (Å²) in [7, 11) is -7.18. The molecule has 6 rings (SSSR count). The summed E-state index contributed by atoms with van der Waals surface area (Å²) < 4.78 is 87.6. The molecular formula is C26H28Cl2N6O8S4. The van der Waals surface area contributed by atoms with Gasteiger partial charge in [0.25, 0.3) is 0 Å². The summed E-state index contributed by atoms with van der Waals surface area (Å²) in [6.45, 7) is 0. The number of allylic oxidation sites excluding steroid dienone is 2. The molecule has 3 atom stereocenters. The molecule has 3 aliphatic rings. The van der Waals surface area contributed by atoms with Crippen LogP contribution in [0.25, 0.3) is 0 Å². The molecule has 2 aliphatic heterocycles. The highest BCUT2D eigenvalue weighted by molar-refractivity contribution is 7.90. The number of hydrogen-bond acceptors (Lipinski definition) is 12. The molecule has 0 fully saturated rings. The summed E-state index contributed by atoms with van der Waals surface area (Å²) in [4.78, 5) is 0.258. The highest BCUT2D eigenvalue weighted by Crippen LogP contribution is 2.37. The Bertz CT molecular complexity index is 1880. The number of hydrogen-bond donors (Lipinski definition) is 6. The number of sulfonamides is 2. The van der Waals surface area contributed by atoms with Crippen molar-refractivity contribution < 1.29 is 33.7 Å². The average Bonchev–Trinajstić information content (AvgIpc) is 3.01. The second kappa shape index (κ2) is 16.5. The van der Waals surface area contributed by atoms with E-state index in [1.54, 1.807) is 6.07 Å². The minimum absolute atomic E-state index is 0.103. The maximum atomic E-state index is 12.3. The van der Waals surface area contributed by atoms with Crippen LogP contribution in [0.4, 0.5) is 22.7 Å². The van der Waals surface area contributed by atoms with E-state index in [0.717, 1.165) is 24.8 Å². The Kier molecular flexibility index (Phi) is 13.3. The van der Waals surface area contributed by atoms with Crippen LogP contribution in [0.5, 0.6) is 0 Å². The fraction of sp³-hybridized carbons (Fsp3) is 0.231. The lowest BCUT2D eigenvalue weighted by Crippen LogP contribution is -2.49. The van der Waals surface area contributed by atoms with E-state index in [4.69, 9.17) is 51.5 Å².